The van der Waals surface area contributed by atoms with E-state index in [0.717, 1.165) is 11.1 Å². The number of sulfonamides is 1. The minimum atomic E-state index is -3.87. The van der Waals surface area contributed by atoms with Gasteiger partial charge in [-0.2, -0.15) is 11.8 Å². The Kier molecular flexibility index (Phi) is 11.7. The quantitative estimate of drug-likeness (QED) is 0.137. The Balaban J connectivity index is 1.73. The average Bonchev–Trinajstić information content (AvgIpc) is 2.94. The number of nitrogens with one attached hydrogen (secondary N) is 4. The molecule has 2 unspecified atom stereocenters. The lowest BCUT2D eigenvalue weighted by molar-refractivity contribution is -0.129. The van der Waals surface area contributed by atoms with Crippen LogP contribution in [0.2, 0.25) is 0 Å². The Labute approximate surface area is 239 Å². The lowest BCUT2D eigenvalue weighted by Gasteiger charge is -2.23. The Bertz CT molecular complexity index is 1370. The van der Waals surface area contributed by atoms with Gasteiger partial charge < -0.3 is 16.4 Å². The van der Waals surface area contributed by atoms with Crippen molar-refractivity contribution < 1.29 is 18.0 Å². The van der Waals surface area contributed by atoms with Crippen molar-refractivity contribution in [2.45, 2.75) is 37.2 Å². The summed E-state index contributed by atoms with van der Waals surface area (Å²) in [5, 5.41) is 13.1. The Morgan fingerprint density at radius 3 is 2.02 bits per heavy atom. The number of hydrogen-bond acceptors (Lipinski definition) is 6. The van der Waals surface area contributed by atoms with Gasteiger partial charge in [0.25, 0.3) is 0 Å². The topological polar surface area (TPSA) is 154 Å². The summed E-state index contributed by atoms with van der Waals surface area (Å²) in [4.78, 5) is 26.6. The van der Waals surface area contributed by atoms with Gasteiger partial charge >= 0.3 is 0 Å². The molecule has 40 heavy (non-hydrogen) atoms. The second-order valence-corrected chi connectivity index (χ2v) is 12.0. The van der Waals surface area contributed by atoms with Crippen molar-refractivity contribution in [3.05, 3.63) is 107 Å². The van der Waals surface area contributed by atoms with Crippen LogP contribution in [0, 0.1) is 5.41 Å². The van der Waals surface area contributed by atoms with E-state index >= 15 is 0 Å². The molecule has 0 aliphatic heterocycles. The molecule has 3 aromatic carbocycles. The number of amidine groups is 1. The van der Waals surface area contributed by atoms with Gasteiger partial charge in [-0.05, 0) is 41.5 Å². The number of carbonyl (C=O) groups excluding carboxylic acids is 2. The molecule has 9 nitrogen and oxygen atoms in total. The molecule has 0 aromatic heterocycles. The first-order valence-electron chi connectivity index (χ1n) is 12.7. The van der Waals surface area contributed by atoms with E-state index in [1.807, 2.05) is 36.6 Å². The fraction of sp³-hybridized carbons (Fsp3) is 0.276. The molecule has 6 N–H and O–H groups in total. The third kappa shape index (κ3) is 10.1. The predicted octanol–water partition coefficient (Wildman–Crippen LogP) is 2.56. The van der Waals surface area contributed by atoms with Crippen molar-refractivity contribution >= 4 is 39.4 Å². The molecule has 0 radical (unpaired) electrons. The zero-order chi connectivity index (χ0) is 29.0. The molecule has 0 bridgehead atoms. The highest BCUT2D eigenvalue weighted by atomic mass is 32.2. The van der Waals surface area contributed by atoms with Crippen molar-refractivity contribution in [2.75, 3.05) is 12.0 Å². The van der Waals surface area contributed by atoms with Gasteiger partial charge in [0.1, 0.15) is 17.9 Å². The standard InChI is InChI=1S/C29H35N5O4S2/c1-39-17-16-25(28(35)32-19-22-12-14-24(15-13-22)27(30)31)33-29(36)26(18-21-8-4-2-5-9-21)34-40(37,38)20-23-10-6-3-7-11-23/h2-15,25-26,34H,16-20H2,1H3,(H3,30,31)(H,32,35)(H,33,36). The lowest BCUT2D eigenvalue weighted by atomic mass is 10.1. The Hall–Kier alpha value is -3.67. The molecular weight excluding hydrogens is 546 g/mol. The van der Waals surface area contributed by atoms with Crippen LogP contribution in [0.25, 0.3) is 0 Å². The molecule has 0 fully saturated rings. The van der Waals surface area contributed by atoms with Crippen LogP contribution in [0.1, 0.15) is 28.7 Å². The number of rotatable bonds is 15. The van der Waals surface area contributed by atoms with Crippen LogP contribution < -0.4 is 21.1 Å². The number of amides is 2. The van der Waals surface area contributed by atoms with Crippen LogP contribution in [0.5, 0.6) is 0 Å². The fourth-order valence-electron chi connectivity index (χ4n) is 3.98. The largest absolute Gasteiger partial charge is 0.384 e. The van der Waals surface area contributed by atoms with Gasteiger partial charge in [-0.25, -0.2) is 13.1 Å². The van der Waals surface area contributed by atoms with Crippen molar-refractivity contribution in [2.24, 2.45) is 5.73 Å². The van der Waals surface area contributed by atoms with Gasteiger partial charge in [-0.1, -0.05) is 84.9 Å². The molecule has 11 heteroatoms. The van der Waals surface area contributed by atoms with Crippen LogP contribution >= 0.6 is 11.8 Å². The van der Waals surface area contributed by atoms with Crippen molar-refractivity contribution in [1.29, 1.82) is 5.41 Å². The van der Waals surface area contributed by atoms with E-state index in [-0.39, 0.29) is 30.5 Å². The lowest BCUT2D eigenvalue weighted by Crippen LogP contribution is -2.54. The first-order chi connectivity index (χ1) is 19.2. The summed E-state index contributed by atoms with van der Waals surface area (Å²) in [6.45, 7) is 0.222. The molecule has 0 saturated heterocycles. The van der Waals surface area contributed by atoms with Crippen molar-refractivity contribution in [1.82, 2.24) is 15.4 Å². The zero-order valence-corrected chi connectivity index (χ0v) is 23.9. The average molecular weight is 582 g/mol. The Morgan fingerprint density at radius 2 is 1.45 bits per heavy atom. The fourth-order valence-corrected chi connectivity index (χ4v) is 5.79. The van der Waals surface area contributed by atoms with Gasteiger partial charge in [-0.15, -0.1) is 0 Å². The van der Waals surface area contributed by atoms with Gasteiger partial charge in [0.15, 0.2) is 0 Å². The second-order valence-electron chi connectivity index (χ2n) is 9.28. The van der Waals surface area contributed by atoms with Crippen molar-refractivity contribution in [3.63, 3.8) is 0 Å². The van der Waals surface area contributed by atoms with Crippen LogP contribution in [0.3, 0.4) is 0 Å². The minimum absolute atomic E-state index is 0.0418. The maximum absolute atomic E-state index is 13.5. The zero-order valence-electron chi connectivity index (χ0n) is 22.3. The molecule has 212 valence electrons. The molecule has 3 rings (SSSR count). The smallest absolute Gasteiger partial charge is 0.242 e. The maximum Gasteiger partial charge on any atom is 0.242 e. The van der Waals surface area contributed by atoms with Crippen LogP contribution in [0.4, 0.5) is 0 Å². The van der Waals surface area contributed by atoms with E-state index in [1.165, 1.54) is 0 Å². The number of nitrogen functional groups attached to an aromatic ring is 1. The number of nitrogens with two attached hydrogens (primary N) is 1. The van der Waals surface area contributed by atoms with E-state index in [2.05, 4.69) is 15.4 Å². The van der Waals surface area contributed by atoms with Crippen LogP contribution in [-0.4, -0.2) is 50.2 Å². The normalized spacial score (nSPS) is 12.7. The Morgan fingerprint density at radius 1 is 0.850 bits per heavy atom. The molecule has 3 aromatic rings. The summed E-state index contributed by atoms with van der Waals surface area (Å²) < 4.78 is 28.6. The number of hydrogen-bond donors (Lipinski definition) is 5. The second kappa shape index (κ2) is 15.2. The van der Waals surface area contributed by atoms with Crippen molar-refractivity contribution in [3.8, 4) is 0 Å². The number of benzene rings is 3. The molecule has 2 amide bonds. The highest BCUT2D eigenvalue weighted by molar-refractivity contribution is 7.98. The van der Waals surface area contributed by atoms with Crippen LogP contribution in [0.15, 0.2) is 84.9 Å². The van der Waals surface area contributed by atoms with E-state index in [0.29, 0.717) is 23.3 Å². The molecule has 0 spiro atoms. The molecule has 0 aliphatic rings. The summed E-state index contributed by atoms with van der Waals surface area (Å²) >= 11 is 1.54. The first kappa shape index (κ1) is 30.9. The summed E-state index contributed by atoms with van der Waals surface area (Å²) in [5.74, 6) is -0.643. The molecular formula is C29H35N5O4S2. The minimum Gasteiger partial charge on any atom is -0.384 e. The molecule has 0 heterocycles. The van der Waals surface area contributed by atoms with Crippen LogP contribution in [-0.2, 0) is 38.3 Å². The first-order valence-corrected chi connectivity index (χ1v) is 15.8. The highest BCUT2D eigenvalue weighted by Gasteiger charge is 2.29. The van der Waals surface area contributed by atoms with Gasteiger partial charge in [0.05, 0.1) is 5.75 Å². The van der Waals surface area contributed by atoms with Gasteiger partial charge in [-0.3, -0.25) is 15.0 Å². The van der Waals surface area contributed by atoms with E-state index in [9.17, 15) is 18.0 Å². The van der Waals surface area contributed by atoms with E-state index in [4.69, 9.17) is 11.1 Å². The summed E-state index contributed by atoms with van der Waals surface area (Å²) in [6, 6.07) is 22.8. The summed E-state index contributed by atoms with van der Waals surface area (Å²) in [5.41, 5.74) is 8.27. The summed E-state index contributed by atoms with van der Waals surface area (Å²) in [6.07, 6.45) is 2.40. The molecule has 0 aliphatic carbocycles. The third-order valence-corrected chi connectivity index (χ3v) is 8.10. The monoisotopic (exact) mass is 581 g/mol. The van der Waals surface area contributed by atoms with Gasteiger partial charge in [0.2, 0.25) is 21.8 Å². The third-order valence-electron chi connectivity index (χ3n) is 6.10. The van der Waals surface area contributed by atoms with E-state index in [1.54, 1.807) is 66.4 Å². The number of thioether (sulfide) groups is 1. The van der Waals surface area contributed by atoms with Gasteiger partial charge in [0, 0.05) is 12.1 Å². The molecule has 0 saturated carbocycles. The van der Waals surface area contributed by atoms with E-state index < -0.39 is 28.0 Å². The number of carbonyl (C=O) groups is 2. The molecule has 2 atom stereocenters. The maximum atomic E-state index is 13.5. The predicted molar refractivity (Wildman–Crippen MR) is 160 cm³/mol. The highest BCUT2D eigenvalue weighted by Crippen LogP contribution is 2.10. The summed E-state index contributed by atoms with van der Waals surface area (Å²) in [7, 11) is -3.87. The SMILES string of the molecule is CSCCC(NC(=O)C(Cc1ccccc1)NS(=O)(=O)Cc1ccccc1)C(=O)NCc1ccc(C(=N)N)cc1.